The maximum Gasteiger partial charge on any atom is 0.282 e. The van der Waals surface area contributed by atoms with E-state index in [9.17, 15) is 4.79 Å². The fourth-order valence-corrected chi connectivity index (χ4v) is 4.10. The van der Waals surface area contributed by atoms with Crippen molar-refractivity contribution < 1.29 is 0 Å². The maximum absolute atomic E-state index is 12.0. The zero-order valence-corrected chi connectivity index (χ0v) is 14.9. The van der Waals surface area contributed by atoms with Crippen molar-refractivity contribution in [2.24, 2.45) is 7.05 Å². The third kappa shape index (κ3) is 3.21. The highest BCUT2D eigenvalue weighted by Gasteiger charge is 2.27. The van der Waals surface area contributed by atoms with Crippen LogP contribution in [0.5, 0.6) is 0 Å². The van der Waals surface area contributed by atoms with E-state index in [0.29, 0.717) is 10.5 Å². The lowest BCUT2D eigenvalue weighted by molar-refractivity contribution is 0.106. The Morgan fingerprint density at radius 1 is 1.18 bits per heavy atom. The summed E-state index contributed by atoms with van der Waals surface area (Å²) in [6.07, 6.45) is 4.39. The number of aromatic nitrogens is 2. The molecule has 0 saturated carbocycles. The van der Waals surface area contributed by atoms with Crippen molar-refractivity contribution >= 4 is 21.6 Å². The lowest BCUT2D eigenvalue weighted by Gasteiger charge is -2.43. The van der Waals surface area contributed by atoms with Crippen LogP contribution in [-0.4, -0.2) is 71.9 Å². The Labute approximate surface area is 139 Å². The van der Waals surface area contributed by atoms with Crippen LogP contribution < -0.4 is 10.5 Å². The monoisotopic (exact) mass is 369 g/mol. The summed E-state index contributed by atoms with van der Waals surface area (Å²) in [6, 6.07) is 0.686. The van der Waals surface area contributed by atoms with Crippen LogP contribution in [0.2, 0.25) is 0 Å². The van der Waals surface area contributed by atoms with Gasteiger partial charge in [0.2, 0.25) is 0 Å². The second-order valence-corrected chi connectivity index (χ2v) is 7.15. The third-order valence-electron chi connectivity index (χ3n) is 4.83. The summed E-state index contributed by atoms with van der Waals surface area (Å²) in [5.41, 5.74) is 0.845. The average Bonchev–Trinajstić information content (AvgIpc) is 2.53. The van der Waals surface area contributed by atoms with E-state index in [0.717, 1.165) is 31.9 Å². The highest BCUT2D eigenvalue weighted by molar-refractivity contribution is 9.10. The fourth-order valence-electron chi connectivity index (χ4n) is 3.49. The molecule has 6 nitrogen and oxygen atoms in total. The molecule has 3 rings (SSSR count). The molecule has 0 N–H and O–H groups in total. The van der Waals surface area contributed by atoms with Gasteiger partial charge >= 0.3 is 0 Å². The van der Waals surface area contributed by atoms with Crippen LogP contribution in [0.1, 0.15) is 12.8 Å². The summed E-state index contributed by atoms with van der Waals surface area (Å²) in [6.45, 7) is 6.42. The molecule has 7 heteroatoms. The van der Waals surface area contributed by atoms with Crippen molar-refractivity contribution in [3.05, 3.63) is 21.0 Å². The van der Waals surface area contributed by atoms with E-state index in [1.54, 1.807) is 13.2 Å². The largest absolute Gasteiger partial charge is 0.367 e. The molecule has 0 radical (unpaired) electrons. The normalized spacial score (nSPS) is 24.7. The van der Waals surface area contributed by atoms with E-state index in [2.05, 4.69) is 42.8 Å². The minimum absolute atomic E-state index is 0.0752. The number of nitrogens with zero attached hydrogens (tertiary/aromatic N) is 5. The number of aryl methyl sites for hydroxylation is 1. The number of piperidine rings is 1. The summed E-state index contributed by atoms with van der Waals surface area (Å²) in [7, 11) is 3.89. The molecule has 1 unspecified atom stereocenters. The number of likely N-dealkylation sites (N-methyl/N-ethyl adjacent to an activating group) is 1. The van der Waals surface area contributed by atoms with Crippen LogP contribution >= 0.6 is 15.9 Å². The van der Waals surface area contributed by atoms with Gasteiger partial charge in [-0.15, -0.1) is 0 Å². The molecule has 1 aromatic rings. The predicted octanol–water partition coefficient (Wildman–Crippen LogP) is 0.759. The van der Waals surface area contributed by atoms with Crippen LogP contribution in [0.25, 0.3) is 0 Å². The molecule has 22 heavy (non-hydrogen) atoms. The summed E-state index contributed by atoms with van der Waals surface area (Å²) in [4.78, 5) is 19.3. The van der Waals surface area contributed by atoms with Crippen LogP contribution in [0.3, 0.4) is 0 Å². The number of hydrogen-bond donors (Lipinski definition) is 0. The molecule has 0 aromatic carbocycles. The molecule has 2 aliphatic heterocycles. The van der Waals surface area contributed by atoms with Gasteiger partial charge in [0, 0.05) is 45.8 Å². The van der Waals surface area contributed by atoms with Crippen molar-refractivity contribution in [1.82, 2.24) is 19.6 Å². The van der Waals surface area contributed by atoms with Gasteiger partial charge in [-0.1, -0.05) is 0 Å². The average molecular weight is 370 g/mol. The molecule has 2 aliphatic rings. The first-order chi connectivity index (χ1) is 10.6. The van der Waals surface area contributed by atoms with E-state index in [1.807, 2.05) is 0 Å². The first-order valence-electron chi connectivity index (χ1n) is 7.95. The number of anilines is 1. The van der Waals surface area contributed by atoms with E-state index < -0.39 is 0 Å². The lowest BCUT2D eigenvalue weighted by Crippen LogP contribution is -2.54. The third-order valence-corrected chi connectivity index (χ3v) is 5.58. The van der Waals surface area contributed by atoms with Crippen molar-refractivity contribution in [3.63, 3.8) is 0 Å². The van der Waals surface area contributed by atoms with Gasteiger partial charge in [0.15, 0.2) is 0 Å². The topological polar surface area (TPSA) is 44.6 Å². The first kappa shape index (κ1) is 16.0. The molecular weight excluding hydrogens is 346 g/mol. The quantitative estimate of drug-likeness (QED) is 0.769. The van der Waals surface area contributed by atoms with Crippen LogP contribution in [0, 0.1) is 0 Å². The van der Waals surface area contributed by atoms with Gasteiger partial charge in [0.1, 0.15) is 4.47 Å². The molecule has 0 spiro atoms. The van der Waals surface area contributed by atoms with E-state index in [4.69, 9.17) is 0 Å². The molecular formula is C15H24BrN5O. The first-order valence-corrected chi connectivity index (χ1v) is 8.75. The molecule has 1 atom stereocenters. The Balaban J connectivity index is 1.64. The fraction of sp³-hybridized carbons (Fsp3) is 0.733. The number of likely N-dealkylation sites (tertiary alicyclic amines) is 1. The van der Waals surface area contributed by atoms with Gasteiger partial charge in [-0.05, 0) is 42.4 Å². The molecule has 0 aliphatic carbocycles. The van der Waals surface area contributed by atoms with E-state index in [1.165, 1.54) is 30.6 Å². The SMILES string of the molecule is CN1CCCC(N2CCN(c3cnn(C)c(=O)c3Br)CC2)C1. The minimum atomic E-state index is -0.0752. The Bertz CT molecular complexity index is 582. The molecule has 0 amide bonds. The second kappa shape index (κ2) is 6.68. The lowest BCUT2D eigenvalue weighted by atomic mass is 10.0. The minimum Gasteiger partial charge on any atom is -0.367 e. The summed E-state index contributed by atoms with van der Waals surface area (Å²) in [5, 5.41) is 4.15. The van der Waals surface area contributed by atoms with Crippen LogP contribution in [-0.2, 0) is 7.05 Å². The van der Waals surface area contributed by atoms with Gasteiger partial charge in [0.25, 0.3) is 5.56 Å². The molecule has 2 fully saturated rings. The Morgan fingerprint density at radius 2 is 1.91 bits per heavy atom. The number of halogens is 1. The second-order valence-electron chi connectivity index (χ2n) is 6.35. The Morgan fingerprint density at radius 3 is 2.59 bits per heavy atom. The Kier molecular flexibility index (Phi) is 4.84. The van der Waals surface area contributed by atoms with Crippen molar-refractivity contribution in [3.8, 4) is 0 Å². The summed E-state index contributed by atoms with van der Waals surface area (Å²) < 4.78 is 1.98. The van der Waals surface area contributed by atoms with Gasteiger partial charge < -0.3 is 9.80 Å². The zero-order valence-electron chi connectivity index (χ0n) is 13.3. The van der Waals surface area contributed by atoms with Gasteiger partial charge in [-0.2, -0.15) is 5.10 Å². The van der Waals surface area contributed by atoms with Gasteiger partial charge in [0.05, 0.1) is 11.9 Å². The number of hydrogen-bond acceptors (Lipinski definition) is 5. The molecule has 2 saturated heterocycles. The van der Waals surface area contributed by atoms with Crippen LogP contribution in [0.4, 0.5) is 5.69 Å². The molecule has 0 bridgehead atoms. The van der Waals surface area contributed by atoms with Crippen molar-refractivity contribution in [2.75, 3.05) is 51.2 Å². The zero-order chi connectivity index (χ0) is 15.7. The summed E-state index contributed by atoms with van der Waals surface area (Å²) >= 11 is 3.43. The van der Waals surface area contributed by atoms with Gasteiger partial charge in [-0.3, -0.25) is 9.69 Å². The van der Waals surface area contributed by atoms with Crippen molar-refractivity contribution in [1.29, 1.82) is 0 Å². The molecule has 122 valence electrons. The highest BCUT2D eigenvalue weighted by Crippen LogP contribution is 2.24. The number of rotatable bonds is 2. The predicted molar refractivity (Wildman–Crippen MR) is 91.5 cm³/mol. The summed E-state index contributed by atoms with van der Waals surface area (Å²) in [5.74, 6) is 0. The standard InChI is InChI=1S/C15H24BrN5O/c1-18-5-3-4-12(11-18)20-6-8-21(9-7-20)13-10-17-19(2)15(22)14(13)16/h10,12H,3-9,11H2,1-2H3. The van der Waals surface area contributed by atoms with Crippen molar-refractivity contribution in [2.45, 2.75) is 18.9 Å². The van der Waals surface area contributed by atoms with Crippen LogP contribution in [0.15, 0.2) is 15.5 Å². The highest BCUT2D eigenvalue weighted by atomic mass is 79.9. The van der Waals surface area contributed by atoms with E-state index in [-0.39, 0.29) is 5.56 Å². The smallest absolute Gasteiger partial charge is 0.282 e. The van der Waals surface area contributed by atoms with Gasteiger partial charge in [-0.25, -0.2) is 4.68 Å². The number of piperazine rings is 1. The van der Waals surface area contributed by atoms with E-state index >= 15 is 0 Å². The molecule has 3 heterocycles. The Hall–Kier alpha value is -0.920. The molecule has 1 aromatic heterocycles. The maximum atomic E-state index is 12.0.